The van der Waals surface area contributed by atoms with Gasteiger partial charge in [0.2, 0.25) is 0 Å². The molecule has 2 N–H and O–H groups in total. The lowest BCUT2D eigenvalue weighted by Gasteiger charge is -2.21. The van der Waals surface area contributed by atoms with E-state index in [1.54, 1.807) is 36.5 Å². The van der Waals surface area contributed by atoms with Crippen molar-refractivity contribution in [3.63, 3.8) is 0 Å². The van der Waals surface area contributed by atoms with Gasteiger partial charge in [-0.2, -0.15) is 0 Å². The quantitative estimate of drug-likeness (QED) is 0.883. The number of carbonyl (C=O) groups is 2. The number of rotatable bonds is 2. The summed E-state index contributed by atoms with van der Waals surface area (Å²) in [5.41, 5.74) is 2.28. The maximum Gasteiger partial charge on any atom is 0.274 e. The number of aryl methyl sites for hydroxylation is 1. The van der Waals surface area contributed by atoms with Gasteiger partial charge < -0.3 is 15.4 Å². The monoisotopic (exact) mass is 283 g/mol. The fraction of sp³-hybridized carbons (Fsp3) is 0.133. The fourth-order valence-corrected chi connectivity index (χ4v) is 2.12. The number of amides is 2. The van der Waals surface area contributed by atoms with Crippen LogP contribution in [0.4, 0.5) is 11.4 Å². The Hall–Kier alpha value is -2.89. The molecule has 0 radical (unpaired) electrons. The molecule has 2 amide bonds. The summed E-state index contributed by atoms with van der Waals surface area (Å²) in [6.07, 6.45) is 1.55. The molecule has 106 valence electrons. The molecule has 6 heteroatoms. The van der Waals surface area contributed by atoms with Gasteiger partial charge in [-0.1, -0.05) is 6.07 Å². The molecular weight excluding hydrogens is 270 g/mol. The zero-order valence-electron chi connectivity index (χ0n) is 11.3. The highest BCUT2D eigenvalue weighted by Gasteiger charge is 2.21. The Morgan fingerprint density at radius 3 is 3.00 bits per heavy atom. The van der Waals surface area contributed by atoms with E-state index in [2.05, 4.69) is 15.6 Å². The molecule has 0 unspecified atom stereocenters. The summed E-state index contributed by atoms with van der Waals surface area (Å²) in [6, 6.07) is 8.69. The van der Waals surface area contributed by atoms with E-state index in [1.807, 2.05) is 6.92 Å². The maximum absolute atomic E-state index is 12.2. The number of nitrogens with one attached hydrogen (secondary N) is 2. The molecule has 0 aliphatic carbocycles. The average molecular weight is 283 g/mol. The van der Waals surface area contributed by atoms with Gasteiger partial charge in [0, 0.05) is 6.20 Å². The molecule has 1 aliphatic rings. The summed E-state index contributed by atoms with van der Waals surface area (Å²) in [6.45, 7) is 1.81. The molecule has 0 atom stereocenters. The van der Waals surface area contributed by atoms with E-state index < -0.39 is 0 Å². The highest BCUT2D eigenvalue weighted by atomic mass is 16.5. The van der Waals surface area contributed by atoms with Crippen LogP contribution in [0.2, 0.25) is 0 Å². The van der Waals surface area contributed by atoms with Crippen LogP contribution in [0.5, 0.6) is 5.75 Å². The van der Waals surface area contributed by atoms with Crippen molar-refractivity contribution in [3.8, 4) is 5.75 Å². The van der Waals surface area contributed by atoms with E-state index in [9.17, 15) is 9.59 Å². The third kappa shape index (κ3) is 2.69. The van der Waals surface area contributed by atoms with E-state index >= 15 is 0 Å². The first kappa shape index (κ1) is 13.1. The minimum atomic E-state index is -0.330. The highest BCUT2D eigenvalue weighted by Crippen LogP contribution is 2.37. The zero-order chi connectivity index (χ0) is 14.8. The van der Waals surface area contributed by atoms with Gasteiger partial charge in [-0.3, -0.25) is 14.6 Å². The third-order valence-electron chi connectivity index (χ3n) is 3.00. The largest absolute Gasteiger partial charge is 0.479 e. The van der Waals surface area contributed by atoms with Crippen LogP contribution in [0.1, 0.15) is 16.1 Å². The number of benzene rings is 1. The number of hydrogen-bond acceptors (Lipinski definition) is 4. The smallest absolute Gasteiger partial charge is 0.274 e. The number of ether oxygens (including phenoxy) is 1. The number of fused-ring (bicyclic) bond motifs is 1. The van der Waals surface area contributed by atoms with Gasteiger partial charge >= 0.3 is 0 Å². The van der Waals surface area contributed by atoms with Crippen molar-refractivity contribution in [3.05, 3.63) is 47.8 Å². The van der Waals surface area contributed by atoms with Crippen molar-refractivity contribution in [1.29, 1.82) is 0 Å². The van der Waals surface area contributed by atoms with Gasteiger partial charge in [0.25, 0.3) is 11.8 Å². The first-order chi connectivity index (χ1) is 10.1. The second kappa shape index (κ2) is 5.24. The molecular formula is C15H13N3O3. The lowest BCUT2D eigenvalue weighted by atomic mass is 10.1. The topological polar surface area (TPSA) is 80.3 Å². The summed E-state index contributed by atoms with van der Waals surface area (Å²) in [4.78, 5) is 27.5. The average Bonchev–Trinajstić information content (AvgIpc) is 2.47. The van der Waals surface area contributed by atoms with Gasteiger partial charge in [-0.15, -0.1) is 0 Å². The zero-order valence-corrected chi connectivity index (χ0v) is 11.3. The Morgan fingerprint density at radius 1 is 1.38 bits per heavy atom. The highest BCUT2D eigenvalue weighted by molar-refractivity contribution is 6.05. The molecule has 0 saturated carbocycles. The van der Waals surface area contributed by atoms with E-state index in [-0.39, 0.29) is 18.4 Å². The molecule has 1 aromatic carbocycles. The van der Waals surface area contributed by atoms with Gasteiger partial charge in [0.15, 0.2) is 12.4 Å². The molecule has 1 aliphatic heterocycles. The van der Waals surface area contributed by atoms with Gasteiger partial charge in [0.05, 0.1) is 11.4 Å². The molecule has 0 spiro atoms. The number of aromatic nitrogens is 1. The summed E-state index contributed by atoms with van der Waals surface area (Å²) < 4.78 is 5.41. The van der Waals surface area contributed by atoms with Crippen LogP contribution in [0.3, 0.4) is 0 Å². The Bertz CT molecular complexity index is 714. The number of carbonyl (C=O) groups excluding carboxylic acids is 2. The summed E-state index contributed by atoms with van der Waals surface area (Å²) >= 11 is 0. The summed E-state index contributed by atoms with van der Waals surface area (Å²) in [5.74, 6) is -0.0801. The Morgan fingerprint density at radius 2 is 2.24 bits per heavy atom. The molecule has 0 bridgehead atoms. The van der Waals surface area contributed by atoms with E-state index in [0.29, 0.717) is 22.8 Å². The number of hydrogen-bond donors (Lipinski definition) is 2. The molecule has 0 fully saturated rings. The van der Waals surface area contributed by atoms with Crippen LogP contribution in [0.25, 0.3) is 0 Å². The van der Waals surface area contributed by atoms with Crippen molar-refractivity contribution in [2.75, 3.05) is 17.2 Å². The number of pyridine rings is 1. The SMILES string of the molecule is Cc1cc2c(c(NC(=O)c3ccccn3)c1)OCC(=O)N2. The maximum atomic E-state index is 12.2. The minimum absolute atomic E-state index is 0.0669. The van der Waals surface area contributed by atoms with Crippen molar-refractivity contribution < 1.29 is 14.3 Å². The second-order valence-corrected chi connectivity index (χ2v) is 4.70. The van der Waals surface area contributed by atoms with Crippen LogP contribution in [-0.4, -0.2) is 23.4 Å². The van der Waals surface area contributed by atoms with E-state index in [4.69, 9.17) is 4.74 Å². The van der Waals surface area contributed by atoms with Crippen molar-refractivity contribution in [2.45, 2.75) is 6.92 Å². The first-order valence-corrected chi connectivity index (χ1v) is 6.43. The minimum Gasteiger partial charge on any atom is -0.479 e. The van der Waals surface area contributed by atoms with Crippen molar-refractivity contribution in [1.82, 2.24) is 4.98 Å². The van der Waals surface area contributed by atoms with E-state index in [1.165, 1.54) is 0 Å². The molecule has 2 heterocycles. The predicted octanol–water partition coefficient (Wildman–Crippen LogP) is 1.97. The third-order valence-corrected chi connectivity index (χ3v) is 3.00. The standard InChI is InChI=1S/C15H13N3O3/c1-9-6-11-14(21-8-13(19)17-11)12(7-9)18-15(20)10-4-2-3-5-16-10/h2-7H,8H2,1H3,(H,17,19)(H,18,20). The molecule has 0 saturated heterocycles. The Labute approximate surface area is 121 Å². The molecule has 1 aromatic heterocycles. The molecule has 21 heavy (non-hydrogen) atoms. The predicted molar refractivity (Wildman–Crippen MR) is 77.5 cm³/mol. The van der Waals surface area contributed by atoms with Crippen LogP contribution in [-0.2, 0) is 4.79 Å². The lowest BCUT2D eigenvalue weighted by Crippen LogP contribution is -2.26. The number of nitrogens with zero attached hydrogens (tertiary/aromatic N) is 1. The Kier molecular flexibility index (Phi) is 3.27. The van der Waals surface area contributed by atoms with Crippen LogP contribution in [0.15, 0.2) is 36.5 Å². The van der Waals surface area contributed by atoms with Crippen molar-refractivity contribution >= 4 is 23.2 Å². The lowest BCUT2D eigenvalue weighted by molar-refractivity contribution is -0.118. The van der Waals surface area contributed by atoms with Gasteiger partial charge in [-0.05, 0) is 36.8 Å². The number of anilines is 2. The van der Waals surface area contributed by atoms with E-state index in [0.717, 1.165) is 5.56 Å². The molecule has 2 aromatic rings. The molecule has 3 rings (SSSR count). The first-order valence-electron chi connectivity index (χ1n) is 6.43. The fourth-order valence-electron chi connectivity index (χ4n) is 2.12. The summed E-state index contributed by atoms with van der Waals surface area (Å²) in [7, 11) is 0. The van der Waals surface area contributed by atoms with Crippen LogP contribution < -0.4 is 15.4 Å². The summed E-state index contributed by atoms with van der Waals surface area (Å²) in [5, 5.41) is 5.49. The van der Waals surface area contributed by atoms with Gasteiger partial charge in [-0.25, -0.2) is 0 Å². The van der Waals surface area contributed by atoms with Crippen LogP contribution in [0, 0.1) is 6.92 Å². The normalized spacial score (nSPS) is 12.9. The van der Waals surface area contributed by atoms with Crippen LogP contribution >= 0.6 is 0 Å². The molecule has 6 nitrogen and oxygen atoms in total. The van der Waals surface area contributed by atoms with Gasteiger partial charge in [0.1, 0.15) is 5.69 Å². The second-order valence-electron chi connectivity index (χ2n) is 4.70. The Balaban J connectivity index is 1.92. The van der Waals surface area contributed by atoms with Crippen molar-refractivity contribution in [2.24, 2.45) is 0 Å².